The molecule has 0 bridgehead atoms. The van der Waals surface area contributed by atoms with Crippen molar-refractivity contribution in [2.24, 2.45) is 0 Å². The molecule has 4 nitrogen and oxygen atoms in total. The summed E-state index contributed by atoms with van der Waals surface area (Å²) >= 11 is 0. The van der Waals surface area contributed by atoms with E-state index >= 15 is 0 Å². The first kappa shape index (κ1) is 17.5. The SMILES string of the molecule is CCC(NS(=O)(=O)c1cc(C)c(OC)cc1C)c1ccccc1. The van der Waals surface area contributed by atoms with Gasteiger partial charge in [0.1, 0.15) is 5.75 Å². The molecule has 0 radical (unpaired) electrons. The van der Waals surface area contributed by atoms with Crippen LogP contribution in [0.3, 0.4) is 0 Å². The van der Waals surface area contributed by atoms with Crippen LogP contribution in [0.1, 0.15) is 36.1 Å². The molecule has 0 aliphatic carbocycles. The van der Waals surface area contributed by atoms with Gasteiger partial charge < -0.3 is 4.74 Å². The summed E-state index contributed by atoms with van der Waals surface area (Å²) in [6, 6.07) is 12.8. The van der Waals surface area contributed by atoms with E-state index in [1.54, 1.807) is 26.2 Å². The van der Waals surface area contributed by atoms with Gasteiger partial charge in [-0.25, -0.2) is 13.1 Å². The minimum absolute atomic E-state index is 0.247. The number of hydrogen-bond donors (Lipinski definition) is 1. The Hall–Kier alpha value is -1.85. The highest BCUT2D eigenvalue weighted by molar-refractivity contribution is 7.89. The fraction of sp³-hybridized carbons (Fsp3) is 0.333. The van der Waals surface area contributed by atoms with Crippen LogP contribution in [0.4, 0.5) is 0 Å². The molecule has 0 saturated carbocycles. The first-order valence-corrected chi connectivity index (χ1v) is 9.10. The van der Waals surface area contributed by atoms with Crippen molar-refractivity contribution in [3.05, 3.63) is 59.2 Å². The molecule has 1 N–H and O–H groups in total. The summed E-state index contributed by atoms with van der Waals surface area (Å²) in [5, 5.41) is 0. The van der Waals surface area contributed by atoms with Crippen molar-refractivity contribution in [3.8, 4) is 5.75 Å². The number of rotatable bonds is 6. The van der Waals surface area contributed by atoms with E-state index in [2.05, 4.69) is 4.72 Å². The van der Waals surface area contributed by atoms with Crippen LogP contribution in [-0.2, 0) is 10.0 Å². The molecular formula is C18H23NO3S. The lowest BCUT2D eigenvalue weighted by atomic mass is 10.1. The third kappa shape index (κ3) is 3.92. The Labute approximate surface area is 138 Å². The second-order valence-electron chi connectivity index (χ2n) is 5.58. The first-order chi connectivity index (χ1) is 10.9. The molecule has 2 aromatic rings. The van der Waals surface area contributed by atoms with E-state index in [-0.39, 0.29) is 6.04 Å². The molecule has 0 amide bonds. The molecule has 1 unspecified atom stereocenters. The van der Waals surface area contributed by atoms with Gasteiger partial charge in [-0.1, -0.05) is 37.3 Å². The fourth-order valence-electron chi connectivity index (χ4n) is 2.60. The zero-order valence-corrected chi connectivity index (χ0v) is 14.8. The van der Waals surface area contributed by atoms with Gasteiger partial charge in [0.25, 0.3) is 0 Å². The number of ether oxygens (including phenoxy) is 1. The van der Waals surface area contributed by atoms with Crippen molar-refractivity contribution in [3.63, 3.8) is 0 Å². The Bertz CT molecular complexity index is 770. The Kier molecular flexibility index (Phi) is 5.44. The maximum absolute atomic E-state index is 12.8. The second-order valence-corrected chi connectivity index (χ2v) is 7.26. The zero-order chi connectivity index (χ0) is 17.0. The van der Waals surface area contributed by atoms with Gasteiger partial charge in [-0.15, -0.1) is 0 Å². The lowest BCUT2D eigenvalue weighted by Gasteiger charge is -2.19. The van der Waals surface area contributed by atoms with Crippen molar-refractivity contribution < 1.29 is 13.2 Å². The van der Waals surface area contributed by atoms with Gasteiger partial charge in [-0.05, 0) is 49.1 Å². The summed E-state index contributed by atoms with van der Waals surface area (Å²) in [6.45, 7) is 5.58. The highest BCUT2D eigenvalue weighted by Gasteiger charge is 2.23. The molecule has 5 heteroatoms. The van der Waals surface area contributed by atoms with Gasteiger partial charge in [-0.3, -0.25) is 0 Å². The Morgan fingerprint density at radius 2 is 1.74 bits per heavy atom. The number of sulfonamides is 1. The third-order valence-electron chi connectivity index (χ3n) is 3.89. The summed E-state index contributed by atoms with van der Waals surface area (Å²) in [5.41, 5.74) is 2.43. The molecule has 2 aromatic carbocycles. The van der Waals surface area contributed by atoms with Crippen LogP contribution in [0.5, 0.6) is 5.75 Å². The van der Waals surface area contributed by atoms with Gasteiger partial charge in [0.05, 0.1) is 12.0 Å². The van der Waals surface area contributed by atoms with Crippen molar-refractivity contribution in [1.82, 2.24) is 4.72 Å². The molecule has 0 aliphatic heterocycles. The maximum atomic E-state index is 12.8. The van der Waals surface area contributed by atoms with Crippen molar-refractivity contribution in [2.75, 3.05) is 7.11 Å². The monoisotopic (exact) mass is 333 g/mol. The molecule has 124 valence electrons. The number of methoxy groups -OCH3 is 1. The van der Waals surface area contributed by atoms with Gasteiger partial charge in [0, 0.05) is 6.04 Å². The third-order valence-corrected chi connectivity index (χ3v) is 5.50. The van der Waals surface area contributed by atoms with Gasteiger partial charge in [0.15, 0.2) is 0 Å². The zero-order valence-electron chi connectivity index (χ0n) is 14.0. The lowest BCUT2D eigenvalue weighted by molar-refractivity contribution is 0.411. The molecule has 2 rings (SSSR count). The Morgan fingerprint density at radius 3 is 2.30 bits per heavy atom. The highest BCUT2D eigenvalue weighted by Crippen LogP contribution is 2.27. The standard InChI is InChI=1S/C18H23NO3S/c1-5-16(15-9-7-6-8-10-15)19-23(20,21)18-12-13(2)17(22-4)11-14(18)3/h6-12,16,19H,5H2,1-4H3. The number of aryl methyl sites for hydroxylation is 2. The first-order valence-electron chi connectivity index (χ1n) is 7.61. The molecule has 0 aliphatic rings. The molecule has 0 spiro atoms. The van der Waals surface area contributed by atoms with E-state index in [4.69, 9.17) is 4.74 Å². The normalized spacial score (nSPS) is 12.9. The Balaban J connectivity index is 2.37. The van der Waals surface area contributed by atoms with Crippen LogP contribution in [0, 0.1) is 13.8 Å². The van der Waals surface area contributed by atoms with Crippen LogP contribution in [0.25, 0.3) is 0 Å². The van der Waals surface area contributed by atoms with Gasteiger partial charge in [-0.2, -0.15) is 0 Å². The van der Waals surface area contributed by atoms with Crippen LogP contribution in [0.2, 0.25) is 0 Å². The van der Waals surface area contributed by atoms with E-state index in [1.807, 2.05) is 44.2 Å². The van der Waals surface area contributed by atoms with Crippen LogP contribution in [-0.4, -0.2) is 15.5 Å². The molecule has 1 atom stereocenters. The average Bonchev–Trinajstić information content (AvgIpc) is 2.55. The van der Waals surface area contributed by atoms with Crippen molar-refractivity contribution in [2.45, 2.75) is 38.1 Å². The Morgan fingerprint density at radius 1 is 1.09 bits per heavy atom. The predicted octanol–water partition coefficient (Wildman–Crippen LogP) is 3.74. The molecule has 0 aromatic heterocycles. The van der Waals surface area contributed by atoms with Gasteiger partial charge >= 0.3 is 0 Å². The van der Waals surface area contributed by atoms with E-state index in [0.717, 1.165) is 11.1 Å². The number of hydrogen-bond acceptors (Lipinski definition) is 3. The molecule has 0 fully saturated rings. The van der Waals surface area contributed by atoms with E-state index < -0.39 is 10.0 Å². The highest BCUT2D eigenvalue weighted by atomic mass is 32.2. The number of nitrogens with one attached hydrogen (secondary N) is 1. The van der Waals surface area contributed by atoms with Crippen LogP contribution >= 0.6 is 0 Å². The molecule has 0 heterocycles. The minimum Gasteiger partial charge on any atom is -0.496 e. The summed E-state index contributed by atoms with van der Waals surface area (Å²) in [5.74, 6) is 0.691. The largest absolute Gasteiger partial charge is 0.496 e. The van der Waals surface area contributed by atoms with E-state index in [1.165, 1.54) is 0 Å². The smallest absolute Gasteiger partial charge is 0.241 e. The minimum atomic E-state index is -3.60. The summed E-state index contributed by atoms with van der Waals surface area (Å²) < 4.78 is 33.7. The number of benzene rings is 2. The molecule has 23 heavy (non-hydrogen) atoms. The van der Waals surface area contributed by atoms with E-state index in [9.17, 15) is 8.42 Å². The van der Waals surface area contributed by atoms with Crippen molar-refractivity contribution >= 4 is 10.0 Å². The second kappa shape index (κ2) is 7.15. The summed E-state index contributed by atoms with van der Waals surface area (Å²) in [6.07, 6.45) is 0.678. The summed E-state index contributed by atoms with van der Waals surface area (Å²) in [7, 11) is -2.02. The van der Waals surface area contributed by atoms with E-state index in [0.29, 0.717) is 22.6 Å². The predicted molar refractivity (Wildman–Crippen MR) is 92.3 cm³/mol. The van der Waals surface area contributed by atoms with Gasteiger partial charge in [0.2, 0.25) is 10.0 Å². The topological polar surface area (TPSA) is 55.4 Å². The molecular weight excluding hydrogens is 310 g/mol. The van der Waals surface area contributed by atoms with Crippen molar-refractivity contribution in [1.29, 1.82) is 0 Å². The summed E-state index contributed by atoms with van der Waals surface area (Å²) in [4.78, 5) is 0.296. The maximum Gasteiger partial charge on any atom is 0.241 e. The fourth-order valence-corrected chi connectivity index (χ4v) is 4.21. The lowest BCUT2D eigenvalue weighted by Crippen LogP contribution is -2.29. The van der Waals surface area contributed by atoms with Crippen LogP contribution < -0.4 is 9.46 Å². The van der Waals surface area contributed by atoms with Crippen LogP contribution in [0.15, 0.2) is 47.4 Å². The molecule has 0 saturated heterocycles. The quantitative estimate of drug-likeness (QED) is 0.876. The average molecular weight is 333 g/mol.